The summed E-state index contributed by atoms with van der Waals surface area (Å²) in [7, 11) is 1.55. The Kier molecular flexibility index (Phi) is 7.30. The van der Waals surface area contributed by atoms with E-state index in [1.807, 2.05) is 18.2 Å². The molecule has 0 atom stereocenters. The van der Waals surface area contributed by atoms with E-state index in [1.165, 1.54) is 18.2 Å². The number of anilines is 1. The van der Waals surface area contributed by atoms with Crippen LogP contribution in [-0.4, -0.2) is 30.5 Å². The number of para-hydroxylation sites is 1. The van der Waals surface area contributed by atoms with Crippen LogP contribution < -0.4 is 10.1 Å². The van der Waals surface area contributed by atoms with Gasteiger partial charge in [0.05, 0.1) is 17.7 Å². The number of nitrogens with zero attached hydrogens (tertiary/aromatic N) is 1. The number of nitrogens with one attached hydrogen (secondary N) is 1. The minimum Gasteiger partial charge on any atom is -0.496 e. The Morgan fingerprint density at radius 3 is 2.63 bits per heavy atom. The molecule has 0 aliphatic carbocycles. The number of amides is 1. The molecule has 0 aliphatic rings. The van der Waals surface area contributed by atoms with Crippen LogP contribution in [0.15, 0.2) is 46.9 Å². The molecule has 27 heavy (non-hydrogen) atoms. The minimum absolute atomic E-state index is 0.106. The van der Waals surface area contributed by atoms with Gasteiger partial charge >= 0.3 is 5.97 Å². The van der Waals surface area contributed by atoms with E-state index < -0.39 is 23.4 Å². The molecule has 0 aliphatic heterocycles. The van der Waals surface area contributed by atoms with Crippen molar-refractivity contribution in [2.45, 2.75) is 12.8 Å². The molecule has 0 saturated heterocycles. The molecule has 0 heterocycles. The summed E-state index contributed by atoms with van der Waals surface area (Å²) in [5, 5.41) is 13.2. The van der Waals surface area contributed by atoms with Crippen LogP contribution in [0.2, 0.25) is 0 Å². The van der Waals surface area contributed by atoms with Crippen molar-refractivity contribution in [1.82, 2.24) is 0 Å². The van der Waals surface area contributed by atoms with Gasteiger partial charge in [0, 0.05) is 23.0 Å². The van der Waals surface area contributed by atoms with E-state index in [1.54, 1.807) is 13.2 Å². The molecular weight excluding hydrogens is 420 g/mol. The first-order valence-corrected chi connectivity index (χ1v) is 8.71. The number of aryl methyl sites for hydroxylation is 1. The topological polar surface area (TPSA) is 108 Å². The highest BCUT2D eigenvalue weighted by atomic mass is 79.9. The Labute approximate surface area is 163 Å². The predicted molar refractivity (Wildman–Crippen MR) is 102 cm³/mol. The Bertz CT molecular complexity index is 855. The average Bonchev–Trinajstić information content (AvgIpc) is 2.66. The zero-order valence-corrected chi connectivity index (χ0v) is 16.0. The second-order valence-corrected chi connectivity index (χ2v) is 6.30. The third-order valence-electron chi connectivity index (χ3n) is 3.59. The summed E-state index contributed by atoms with van der Waals surface area (Å²) >= 11 is 3.15. The molecule has 0 bridgehead atoms. The van der Waals surface area contributed by atoms with Crippen molar-refractivity contribution >= 4 is 39.2 Å². The van der Waals surface area contributed by atoms with Gasteiger partial charge < -0.3 is 14.8 Å². The van der Waals surface area contributed by atoms with Gasteiger partial charge in [0.2, 0.25) is 0 Å². The van der Waals surface area contributed by atoms with Gasteiger partial charge in [-0.3, -0.25) is 19.7 Å². The number of hydrogen-bond donors (Lipinski definition) is 1. The fraction of sp³-hybridized carbons (Fsp3) is 0.222. The van der Waals surface area contributed by atoms with Gasteiger partial charge in [0.15, 0.2) is 6.61 Å². The van der Waals surface area contributed by atoms with Crippen LogP contribution in [0.25, 0.3) is 0 Å². The van der Waals surface area contributed by atoms with Crippen molar-refractivity contribution in [3.05, 3.63) is 62.6 Å². The molecule has 2 aromatic rings. The standard InChI is InChI=1S/C18H17BrN2O6/c1-26-16-5-3-2-4-12(16)6-9-18(23)27-11-17(22)20-15-8-7-13(21(24)25)10-14(15)19/h2-5,7-8,10H,6,9,11H2,1H3,(H,20,22). The van der Waals surface area contributed by atoms with Gasteiger partial charge in [-0.25, -0.2) is 0 Å². The third-order valence-corrected chi connectivity index (χ3v) is 4.25. The van der Waals surface area contributed by atoms with Crippen molar-refractivity contribution in [2.24, 2.45) is 0 Å². The minimum atomic E-state index is -0.546. The third kappa shape index (κ3) is 6.07. The summed E-state index contributed by atoms with van der Waals surface area (Å²) in [6.45, 7) is -0.450. The first-order valence-electron chi connectivity index (χ1n) is 7.92. The van der Waals surface area contributed by atoms with Crippen molar-refractivity contribution in [3.8, 4) is 5.75 Å². The Morgan fingerprint density at radius 1 is 1.22 bits per heavy atom. The Morgan fingerprint density at radius 2 is 1.96 bits per heavy atom. The molecule has 8 nitrogen and oxygen atoms in total. The van der Waals surface area contributed by atoms with Crippen LogP contribution in [0.5, 0.6) is 5.75 Å². The predicted octanol–water partition coefficient (Wildman–Crippen LogP) is 3.48. The van der Waals surface area contributed by atoms with Crippen molar-refractivity contribution in [2.75, 3.05) is 19.0 Å². The molecule has 1 N–H and O–H groups in total. The smallest absolute Gasteiger partial charge is 0.306 e. The van der Waals surface area contributed by atoms with Crippen LogP contribution in [0, 0.1) is 10.1 Å². The molecule has 2 rings (SSSR count). The Balaban J connectivity index is 1.81. The van der Waals surface area contributed by atoms with Crippen molar-refractivity contribution in [1.29, 1.82) is 0 Å². The summed E-state index contributed by atoms with van der Waals surface area (Å²) in [4.78, 5) is 33.9. The molecule has 0 fully saturated rings. The van der Waals surface area contributed by atoms with E-state index in [4.69, 9.17) is 9.47 Å². The quantitative estimate of drug-likeness (QED) is 0.385. The number of methoxy groups -OCH3 is 1. The van der Waals surface area contributed by atoms with Gasteiger partial charge in [-0.1, -0.05) is 18.2 Å². The van der Waals surface area contributed by atoms with E-state index in [0.29, 0.717) is 22.3 Å². The number of carbonyl (C=O) groups is 2. The zero-order chi connectivity index (χ0) is 19.8. The molecule has 1 amide bonds. The Hall–Kier alpha value is -2.94. The van der Waals surface area contributed by atoms with Gasteiger partial charge in [-0.05, 0) is 40.0 Å². The monoisotopic (exact) mass is 436 g/mol. The first-order chi connectivity index (χ1) is 12.9. The first kappa shape index (κ1) is 20.4. The number of hydrogen-bond acceptors (Lipinski definition) is 6. The van der Waals surface area contributed by atoms with Crippen LogP contribution in [-0.2, 0) is 20.7 Å². The second kappa shape index (κ2) is 9.67. The van der Waals surface area contributed by atoms with Crippen LogP contribution >= 0.6 is 15.9 Å². The number of esters is 1. The van der Waals surface area contributed by atoms with Crippen molar-refractivity contribution in [3.63, 3.8) is 0 Å². The molecule has 0 saturated carbocycles. The van der Waals surface area contributed by atoms with Crippen LogP contribution in [0.1, 0.15) is 12.0 Å². The summed E-state index contributed by atoms with van der Waals surface area (Å²) < 4.78 is 10.5. The zero-order valence-electron chi connectivity index (χ0n) is 14.4. The maximum absolute atomic E-state index is 11.9. The van der Waals surface area contributed by atoms with Crippen LogP contribution in [0.4, 0.5) is 11.4 Å². The summed E-state index contributed by atoms with van der Waals surface area (Å²) in [5.41, 5.74) is 1.11. The fourth-order valence-corrected chi connectivity index (χ4v) is 2.74. The number of non-ortho nitro benzene ring substituents is 1. The SMILES string of the molecule is COc1ccccc1CCC(=O)OCC(=O)Nc1ccc([N+](=O)[O-])cc1Br. The summed E-state index contributed by atoms with van der Waals surface area (Å²) in [6, 6.07) is 11.3. The number of halogens is 1. The highest BCUT2D eigenvalue weighted by molar-refractivity contribution is 9.10. The van der Waals surface area contributed by atoms with E-state index in [9.17, 15) is 19.7 Å². The lowest BCUT2D eigenvalue weighted by Crippen LogP contribution is -2.21. The molecule has 0 aromatic heterocycles. The molecule has 0 spiro atoms. The largest absolute Gasteiger partial charge is 0.496 e. The number of nitro groups is 1. The number of benzene rings is 2. The lowest BCUT2D eigenvalue weighted by Gasteiger charge is -2.09. The lowest BCUT2D eigenvalue weighted by atomic mass is 10.1. The summed E-state index contributed by atoms with van der Waals surface area (Å²) in [6.07, 6.45) is 0.535. The number of rotatable bonds is 8. The van der Waals surface area contributed by atoms with Gasteiger partial charge in [-0.15, -0.1) is 0 Å². The van der Waals surface area contributed by atoms with E-state index >= 15 is 0 Å². The fourth-order valence-electron chi connectivity index (χ4n) is 2.27. The molecule has 142 valence electrons. The lowest BCUT2D eigenvalue weighted by molar-refractivity contribution is -0.384. The highest BCUT2D eigenvalue weighted by Crippen LogP contribution is 2.27. The molecule has 0 radical (unpaired) electrons. The van der Waals surface area contributed by atoms with E-state index in [-0.39, 0.29) is 12.1 Å². The van der Waals surface area contributed by atoms with E-state index in [2.05, 4.69) is 21.2 Å². The highest BCUT2D eigenvalue weighted by Gasteiger charge is 2.13. The maximum Gasteiger partial charge on any atom is 0.306 e. The normalized spacial score (nSPS) is 10.1. The second-order valence-electron chi connectivity index (χ2n) is 5.44. The molecule has 0 unspecified atom stereocenters. The van der Waals surface area contributed by atoms with Gasteiger partial charge in [-0.2, -0.15) is 0 Å². The number of carbonyl (C=O) groups excluding carboxylic acids is 2. The van der Waals surface area contributed by atoms with Crippen molar-refractivity contribution < 1.29 is 24.0 Å². The van der Waals surface area contributed by atoms with Gasteiger partial charge in [0.25, 0.3) is 11.6 Å². The number of ether oxygens (including phenoxy) is 2. The number of nitro benzene ring substituents is 1. The average molecular weight is 437 g/mol. The molecule has 2 aromatic carbocycles. The van der Waals surface area contributed by atoms with Crippen LogP contribution in [0.3, 0.4) is 0 Å². The maximum atomic E-state index is 11.9. The summed E-state index contributed by atoms with van der Waals surface area (Å²) in [5.74, 6) is -0.375. The van der Waals surface area contributed by atoms with E-state index in [0.717, 1.165) is 5.56 Å². The molecule has 9 heteroatoms. The molecular formula is C18H17BrN2O6. The van der Waals surface area contributed by atoms with Gasteiger partial charge in [0.1, 0.15) is 5.75 Å².